The van der Waals surface area contributed by atoms with Gasteiger partial charge in [0.2, 0.25) is 0 Å². The smallest absolute Gasteiger partial charge is 0.118 e. The summed E-state index contributed by atoms with van der Waals surface area (Å²) in [6, 6.07) is 0. The van der Waals surface area contributed by atoms with E-state index in [0.29, 0.717) is 0 Å². The second-order valence-corrected chi connectivity index (χ2v) is 3.65. The summed E-state index contributed by atoms with van der Waals surface area (Å²) in [5.74, 6) is 0. The molecule has 2 aliphatic heterocycles. The second-order valence-electron chi connectivity index (χ2n) is 3.65. The predicted octanol–water partition coefficient (Wildman–Crippen LogP) is 0.122. The Morgan fingerprint density at radius 1 is 1.07 bits per heavy atom. The Bertz CT molecular complexity index is 191. The van der Waals surface area contributed by atoms with Crippen molar-refractivity contribution in [3.63, 3.8) is 0 Å². The maximum atomic E-state index is 5.32. The fourth-order valence-corrected chi connectivity index (χ4v) is 1.71. The lowest BCUT2D eigenvalue weighted by atomic mass is 10.4. The van der Waals surface area contributed by atoms with Crippen LogP contribution in [0.4, 0.5) is 0 Å². The lowest BCUT2D eigenvalue weighted by Gasteiger charge is -2.30. The second kappa shape index (κ2) is 5.34. The molecule has 0 spiro atoms. The Morgan fingerprint density at radius 2 is 1.93 bits per heavy atom. The monoisotopic (exact) mass is 198 g/mol. The van der Waals surface area contributed by atoms with Gasteiger partial charge in [0.1, 0.15) is 6.73 Å². The first-order chi connectivity index (χ1) is 6.95. The van der Waals surface area contributed by atoms with E-state index in [1.54, 1.807) is 0 Å². The maximum absolute atomic E-state index is 5.32. The summed E-state index contributed by atoms with van der Waals surface area (Å²) in [6.07, 6.45) is 4.19. The molecule has 4 nitrogen and oxygen atoms in total. The molecule has 0 N–H and O–H groups in total. The van der Waals surface area contributed by atoms with Crippen LogP contribution in [0.1, 0.15) is 0 Å². The summed E-state index contributed by atoms with van der Waals surface area (Å²) in [6.45, 7) is 7.55. The minimum absolute atomic E-state index is 0.737. The van der Waals surface area contributed by atoms with Gasteiger partial charge in [-0.1, -0.05) is 0 Å². The zero-order valence-electron chi connectivity index (χ0n) is 8.52. The van der Waals surface area contributed by atoms with Crippen molar-refractivity contribution in [2.75, 3.05) is 52.7 Å². The molecule has 2 aliphatic rings. The highest BCUT2D eigenvalue weighted by Gasteiger charge is 2.11. The van der Waals surface area contributed by atoms with Crippen molar-refractivity contribution in [1.82, 2.24) is 9.80 Å². The molecule has 0 aliphatic carbocycles. The highest BCUT2D eigenvalue weighted by atomic mass is 16.5. The number of morpholine rings is 1. The van der Waals surface area contributed by atoms with Crippen LogP contribution in [0.3, 0.4) is 0 Å². The molecule has 14 heavy (non-hydrogen) atoms. The molecule has 0 aromatic heterocycles. The maximum Gasteiger partial charge on any atom is 0.118 e. The van der Waals surface area contributed by atoms with E-state index >= 15 is 0 Å². The zero-order valence-corrected chi connectivity index (χ0v) is 8.52. The van der Waals surface area contributed by atoms with Gasteiger partial charge in [0, 0.05) is 26.2 Å². The Morgan fingerprint density at radius 3 is 2.64 bits per heavy atom. The average Bonchev–Trinajstić information content (AvgIpc) is 2.29. The van der Waals surface area contributed by atoms with Crippen molar-refractivity contribution in [3.8, 4) is 0 Å². The van der Waals surface area contributed by atoms with Crippen LogP contribution < -0.4 is 0 Å². The highest BCUT2D eigenvalue weighted by Crippen LogP contribution is 2.01. The van der Waals surface area contributed by atoms with Gasteiger partial charge in [0.15, 0.2) is 0 Å². The molecule has 0 amide bonds. The first-order valence-corrected chi connectivity index (χ1v) is 5.24. The largest absolute Gasteiger partial charge is 0.379 e. The molecule has 0 radical (unpaired) electrons. The molecule has 0 saturated carbocycles. The van der Waals surface area contributed by atoms with Gasteiger partial charge in [-0.2, -0.15) is 0 Å². The van der Waals surface area contributed by atoms with E-state index < -0.39 is 0 Å². The minimum Gasteiger partial charge on any atom is -0.379 e. The Kier molecular flexibility index (Phi) is 3.80. The van der Waals surface area contributed by atoms with Crippen molar-refractivity contribution in [1.29, 1.82) is 0 Å². The van der Waals surface area contributed by atoms with Crippen molar-refractivity contribution in [2.24, 2.45) is 0 Å². The fraction of sp³-hybridized carbons (Fsp3) is 0.800. The first kappa shape index (κ1) is 9.96. The third kappa shape index (κ3) is 2.97. The first-order valence-electron chi connectivity index (χ1n) is 5.24. The summed E-state index contributed by atoms with van der Waals surface area (Å²) in [7, 11) is 0. The summed E-state index contributed by atoms with van der Waals surface area (Å²) in [5, 5.41) is 0. The van der Waals surface area contributed by atoms with Gasteiger partial charge >= 0.3 is 0 Å². The van der Waals surface area contributed by atoms with E-state index in [4.69, 9.17) is 9.47 Å². The summed E-state index contributed by atoms with van der Waals surface area (Å²) in [4.78, 5) is 4.64. The van der Waals surface area contributed by atoms with Crippen LogP contribution >= 0.6 is 0 Å². The van der Waals surface area contributed by atoms with Crippen molar-refractivity contribution in [3.05, 3.63) is 12.3 Å². The van der Waals surface area contributed by atoms with Crippen LogP contribution in [0.2, 0.25) is 0 Å². The van der Waals surface area contributed by atoms with E-state index in [0.717, 1.165) is 52.7 Å². The van der Waals surface area contributed by atoms with Crippen molar-refractivity contribution < 1.29 is 9.47 Å². The molecule has 1 fully saturated rings. The highest BCUT2D eigenvalue weighted by molar-refractivity contribution is 4.85. The topological polar surface area (TPSA) is 24.9 Å². The van der Waals surface area contributed by atoms with E-state index in [2.05, 4.69) is 22.1 Å². The van der Waals surface area contributed by atoms with Gasteiger partial charge in [-0.15, -0.1) is 0 Å². The van der Waals surface area contributed by atoms with Gasteiger partial charge in [0.25, 0.3) is 0 Å². The van der Waals surface area contributed by atoms with Crippen molar-refractivity contribution in [2.45, 2.75) is 0 Å². The third-order valence-electron chi connectivity index (χ3n) is 2.59. The Balaban J connectivity index is 1.65. The molecule has 1 saturated heterocycles. The predicted molar refractivity (Wildman–Crippen MR) is 53.9 cm³/mol. The minimum atomic E-state index is 0.737. The molecule has 0 atom stereocenters. The lowest BCUT2D eigenvalue weighted by molar-refractivity contribution is 0.0208. The fourth-order valence-electron chi connectivity index (χ4n) is 1.71. The standard InChI is InChI=1S/C10H18N2O2/c1-2-12(10-14-7-1)4-3-11-5-8-13-9-6-11/h1-2H,3-10H2. The van der Waals surface area contributed by atoms with Crippen LogP contribution in [-0.2, 0) is 9.47 Å². The quantitative estimate of drug-likeness (QED) is 0.643. The number of hydrogen-bond acceptors (Lipinski definition) is 4. The SMILES string of the molecule is C1=CN(CCN2CCOCC2)COC1. The lowest BCUT2D eigenvalue weighted by Crippen LogP contribution is -2.41. The molecule has 80 valence electrons. The Labute approximate surface area is 85.1 Å². The molecule has 0 aromatic carbocycles. The third-order valence-corrected chi connectivity index (χ3v) is 2.59. The normalized spacial score (nSPS) is 24.1. The molecule has 2 heterocycles. The molecule has 0 unspecified atom stereocenters. The van der Waals surface area contributed by atoms with Crippen LogP contribution in [0.25, 0.3) is 0 Å². The van der Waals surface area contributed by atoms with Crippen LogP contribution in [-0.4, -0.2) is 62.5 Å². The van der Waals surface area contributed by atoms with Crippen molar-refractivity contribution >= 4 is 0 Å². The number of ether oxygens (including phenoxy) is 2. The molecule has 0 bridgehead atoms. The molecular formula is C10H18N2O2. The molecule has 4 heteroatoms. The summed E-state index contributed by atoms with van der Waals surface area (Å²) < 4.78 is 10.6. The number of rotatable bonds is 3. The molecule has 2 rings (SSSR count). The van der Waals surface area contributed by atoms with Gasteiger partial charge in [-0.3, -0.25) is 4.90 Å². The molecular weight excluding hydrogens is 180 g/mol. The van der Waals surface area contributed by atoms with Crippen LogP contribution in [0.5, 0.6) is 0 Å². The van der Waals surface area contributed by atoms with Gasteiger partial charge < -0.3 is 14.4 Å². The zero-order chi connectivity index (χ0) is 9.64. The summed E-state index contributed by atoms with van der Waals surface area (Å²) in [5.41, 5.74) is 0. The van der Waals surface area contributed by atoms with Gasteiger partial charge in [-0.05, 0) is 12.3 Å². The van der Waals surface area contributed by atoms with Gasteiger partial charge in [-0.25, -0.2) is 0 Å². The van der Waals surface area contributed by atoms with E-state index in [9.17, 15) is 0 Å². The number of nitrogens with zero attached hydrogens (tertiary/aromatic N) is 2. The van der Waals surface area contributed by atoms with Gasteiger partial charge in [0.05, 0.1) is 19.8 Å². The van der Waals surface area contributed by atoms with Crippen LogP contribution in [0.15, 0.2) is 12.3 Å². The summed E-state index contributed by atoms with van der Waals surface area (Å²) >= 11 is 0. The number of hydrogen-bond donors (Lipinski definition) is 0. The molecule has 0 aromatic rings. The van der Waals surface area contributed by atoms with E-state index in [1.807, 2.05) is 0 Å². The van der Waals surface area contributed by atoms with E-state index in [-0.39, 0.29) is 0 Å². The van der Waals surface area contributed by atoms with E-state index in [1.165, 1.54) is 0 Å². The average molecular weight is 198 g/mol. The van der Waals surface area contributed by atoms with Crippen LogP contribution in [0, 0.1) is 0 Å². The Hall–Kier alpha value is -0.580.